The second-order valence-corrected chi connectivity index (χ2v) is 26.7. The van der Waals surface area contributed by atoms with E-state index in [0.29, 0.717) is 0 Å². The molecule has 6 heteroatoms. The first kappa shape index (κ1) is 53.9. The molecule has 72 heavy (non-hydrogen) atoms. The van der Waals surface area contributed by atoms with Gasteiger partial charge in [-0.3, -0.25) is 29.9 Å². The van der Waals surface area contributed by atoms with E-state index in [9.17, 15) is 0 Å². The Kier molecular flexibility index (Phi) is 15.4. The lowest BCUT2D eigenvalue weighted by molar-refractivity contribution is 0.301. The minimum absolute atomic E-state index is 0.0924. The van der Waals surface area contributed by atoms with Crippen molar-refractivity contribution in [2.24, 2.45) is 49.0 Å². The maximum atomic E-state index is 5.58. The minimum Gasteiger partial charge on any atom is -0.255 e. The first-order valence-corrected chi connectivity index (χ1v) is 26.4. The molecule has 1 aliphatic carbocycles. The van der Waals surface area contributed by atoms with Crippen LogP contribution in [0.5, 0.6) is 0 Å². The molecule has 0 amide bonds. The van der Waals surface area contributed by atoms with Gasteiger partial charge < -0.3 is 0 Å². The van der Waals surface area contributed by atoms with Crippen molar-refractivity contribution in [2.45, 2.75) is 160 Å². The number of hydrogen-bond acceptors (Lipinski definition) is 6. The molecule has 3 aromatic heterocycles. The van der Waals surface area contributed by atoms with Crippen molar-refractivity contribution in [1.82, 2.24) is 15.0 Å². The van der Waals surface area contributed by atoms with Gasteiger partial charge in [0.15, 0.2) is 0 Å². The fourth-order valence-corrected chi connectivity index (χ4v) is 10.3. The Hall–Kier alpha value is -5.88. The van der Waals surface area contributed by atoms with Crippen LogP contribution in [0.2, 0.25) is 0 Å². The molecule has 6 nitrogen and oxygen atoms in total. The molecule has 3 aromatic carbocycles. The van der Waals surface area contributed by atoms with Crippen LogP contribution in [0.15, 0.2) is 143 Å². The van der Waals surface area contributed by atoms with Gasteiger partial charge in [-0.1, -0.05) is 197 Å². The summed E-state index contributed by atoms with van der Waals surface area (Å²) in [5, 5.41) is 0. The second kappa shape index (κ2) is 20.6. The molecule has 1 fully saturated rings. The highest BCUT2D eigenvalue weighted by Gasteiger charge is 2.43. The molecule has 0 spiro atoms. The van der Waals surface area contributed by atoms with E-state index in [4.69, 9.17) is 29.9 Å². The Morgan fingerprint density at radius 3 is 0.708 bits per heavy atom. The largest absolute Gasteiger partial charge is 0.255 e. The molecule has 0 unspecified atom stereocenters. The van der Waals surface area contributed by atoms with Crippen molar-refractivity contribution in [1.29, 1.82) is 0 Å². The summed E-state index contributed by atoms with van der Waals surface area (Å²) in [4.78, 5) is 31.7. The molecule has 1 aliphatic rings. The van der Waals surface area contributed by atoms with E-state index in [0.717, 1.165) is 70.1 Å². The zero-order valence-electron chi connectivity index (χ0n) is 47.2. The zero-order chi connectivity index (χ0) is 52.6. The summed E-state index contributed by atoms with van der Waals surface area (Å²) < 4.78 is 0. The van der Waals surface area contributed by atoms with Crippen molar-refractivity contribution in [2.75, 3.05) is 0 Å². The van der Waals surface area contributed by atoms with Gasteiger partial charge in [0, 0.05) is 50.1 Å². The molecule has 0 radical (unpaired) electrons. The molecule has 1 saturated carbocycles. The topological polar surface area (TPSA) is 75.8 Å². The van der Waals surface area contributed by atoms with Gasteiger partial charge in [-0.15, -0.1) is 0 Å². The van der Waals surface area contributed by atoms with Crippen molar-refractivity contribution >= 4 is 34.2 Å². The second-order valence-electron chi connectivity index (χ2n) is 26.7. The van der Waals surface area contributed by atoms with Gasteiger partial charge in [0.25, 0.3) is 0 Å². The maximum absolute atomic E-state index is 5.58. The van der Waals surface area contributed by atoms with Gasteiger partial charge in [-0.25, -0.2) is 0 Å². The van der Waals surface area contributed by atoms with Gasteiger partial charge in [0.2, 0.25) is 0 Å². The van der Waals surface area contributed by atoms with E-state index in [1.165, 1.54) is 33.8 Å². The Bertz CT molecular complexity index is 2530. The summed E-state index contributed by atoms with van der Waals surface area (Å²) in [5.41, 5.74) is 15.9. The smallest absolute Gasteiger partial charge is 0.0813 e. The van der Waals surface area contributed by atoms with Gasteiger partial charge in [0.05, 0.1) is 52.7 Å². The SMILES string of the molecule is CC(C)(C)/C(=N/c1ccc(-c2ccc(C(C)(C)C)cc2)nc1)C1CC(/C(=N\c2ccc(-c3ccc(C(C)(C)C)cc3)nc2)C(C)(C)C)CC(/C(=N\c2ccc(-c3ccc(C(C)(C)C)cc3)nc2)C(C)(C)C)C1. The van der Waals surface area contributed by atoms with E-state index in [-0.39, 0.29) is 50.2 Å². The quantitative estimate of drug-likeness (QED) is 0.136. The number of benzene rings is 3. The highest BCUT2D eigenvalue weighted by atomic mass is 14.9. The van der Waals surface area contributed by atoms with Crippen LogP contribution in [0.4, 0.5) is 17.1 Å². The Balaban J connectivity index is 1.28. The molecule has 0 saturated heterocycles. The number of aliphatic imine (C=N–C) groups is 3. The van der Waals surface area contributed by atoms with Crippen molar-refractivity contribution < 1.29 is 0 Å². The molecule has 0 bridgehead atoms. The predicted octanol–water partition coefficient (Wildman–Crippen LogP) is 18.6. The number of pyridine rings is 3. The van der Waals surface area contributed by atoms with Gasteiger partial charge in [0.1, 0.15) is 0 Å². The summed E-state index contributed by atoms with van der Waals surface area (Å²) in [6, 6.07) is 39.2. The van der Waals surface area contributed by atoms with E-state index in [1.807, 2.05) is 18.6 Å². The number of hydrogen-bond donors (Lipinski definition) is 0. The lowest BCUT2D eigenvalue weighted by atomic mass is 9.62. The maximum Gasteiger partial charge on any atom is 0.0813 e. The third-order valence-electron chi connectivity index (χ3n) is 14.3. The van der Waals surface area contributed by atoms with Crippen LogP contribution in [0.1, 0.15) is 161 Å². The van der Waals surface area contributed by atoms with Crippen LogP contribution in [0.3, 0.4) is 0 Å². The number of nitrogens with zero attached hydrogens (tertiary/aromatic N) is 6. The normalized spacial score (nSPS) is 18.1. The average molecular weight is 961 g/mol. The standard InChI is InChI=1S/C66H84N6/c1-61(2,3)49-25-19-43(20-26-49)55-34-31-52(40-67-55)70-58(64(10,11)12)46-37-47(59(65(13,14)15)71-53-32-35-56(68-41-53)44-21-27-50(28-22-44)62(4,5)6)39-48(38-46)60(66(16,17)18)72-54-33-36-57(69-42-54)45-23-29-51(30-24-45)63(7,8)9/h19-36,40-42,46-48H,37-39H2,1-18H3/b70-58+,71-59+,72-60+. The first-order valence-electron chi connectivity index (χ1n) is 26.4. The average Bonchev–Trinajstić information content (AvgIpc) is 3.30. The fraction of sp³-hybridized carbons (Fsp3) is 0.455. The molecule has 0 aliphatic heterocycles. The Morgan fingerprint density at radius 1 is 0.319 bits per heavy atom. The van der Waals surface area contributed by atoms with Crippen LogP contribution >= 0.6 is 0 Å². The van der Waals surface area contributed by atoms with Crippen LogP contribution in [-0.4, -0.2) is 32.1 Å². The number of aromatic nitrogens is 3. The summed E-state index contributed by atoms with van der Waals surface area (Å²) >= 11 is 0. The number of rotatable bonds is 9. The summed E-state index contributed by atoms with van der Waals surface area (Å²) in [5.74, 6) is 0.477. The highest BCUT2D eigenvalue weighted by Crippen LogP contribution is 2.46. The van der Waals surface area contributed by atoms with Crippen molar-refractivity contribution in [3.63, 3.8) is 0 Å². The zero-order valence-corrected chi connectivity index (χ0v) is 47.2. The van der Waals surface area contributed by atoms with E-state index >= 15 is 0 Å². The lowest BCUT2D eigenvalue weighted by Gasteiger charge is -2.43. The molecule has 6 aromatic rings. The van der Waals surface area contributed by atoms with Crippen molar-refractivity contribution in [3.8, 4) is 33.8 Å². The van der Waals surface area contributed by atoms with E-state index in [1.54, 1.807) is 0 Å². The molecule has 7 rings (SSSR count). The highest BCUT2D eigenvalue weighted by molar-refractivity contribution is 5.99. The van der Waals surface area contributed by atoms with Crippen LogP contribution in [-0.2, 0) is 16.2 Å². The third kappa shape index (κ3) is 13.4. The van der Waals surface area contributed by atoms with E-state index in [2.05, 4.69) is 234 Å². The predicted molar refractivity (Wildman–Crippen MR) is 309 cm³/mol. The van der Waals surface area contributed by atoms with Crippen LogP contribution < -0.4 is 0 Å². The molecule has 0 N–H and O–H groups in total. The van der Waals surface area contributed by atoms with E-state index < -0.39 is 0 Å². The monoisotopic (exact) mass is 961 g/mol. The van der Waals surface area contributed by atoms with Gasteiger partial charge in [-0.05, 0) is 106 Å². The minimum atomic E-state index is -0.216. The Morgan fingerprint density at radius 2 is 0.542 bits per heavy atom. The molecule has 3 heterocycles. The molecular weight excluding hydrogens is 877 g/mol. The summed E-state index contributed by atoms with van der Waals surface area (Å²) in [6.07, 6.45) is 8.65. The van der Waals surface area contributed by atoms with Gasteiger partial charge >= 0.3 is 0 Å². The molecular formula is C66H84N6. The first-order chi connectivity index (χ1) is 33.4. The summed E-state index contributed by atoms with van der Waals surface area (Å²) in [7, 11) is 0. The lowest BCUT2D eigenvalue weighted by Crippen LogP contribution is -2.43. The Labute approximate surface area is 434 Å². The van der Waals surface area contributed by atoms with Crippen LogP contribution in [0, 0.1) is 34.0 Å². The summed E-state index contributed by atoms with van der Waals surface area (Å²) in [6.45, 7) is 41.1. The third-order valence-corrected chi connectivity index (χ3v) is 14.3. The molecule has 0 atom stereocenters. The van der Waals surface area contributed by atoms with Crippen LogP contribution in [0.25, 0.3) is 33.8 Å². The fourth-order valence-electron chi connectivity index (χ4n) is 10.3. The molecule has 378 valence electrons. The van der Waals surface area contributed by atoms with Gasteiger partial charge in [-0.2, -0.15) is 0 Å². The van der Waals surface area contributed by atoms with Crippen molar-refractivity contribution in [3.05, 3.63) is 144 Å².